The lowest BCUT2D eigenvalue weighted by molar-refractivity contribution is 0.183. The Bertz CT molecular complexity index is 117. The largest absolute Gasteiger partial charge is 0.328 e. The van der Waals surface area contributed by atoms with Crippen LogP contribution in [0.2, 0.25) is 0 Å². The third-order valence-corrected chi connectivity index (χ3v) is 2.94. The molecule has 2 N–H and O–H groups in total. The highest BCUT2D eigenvalue weighted by Gasteiger charge is 2.20. The second kappa shape index (κ2) is 4.83. The van der Waals surface area contributed by atoms with E-state index in [-0.39, 0.29) is 0 Å². The first-order valence-corrected chi connectivity index (χ1v) is 5.20. The highest BCUT2D eigenvalue weighted by Crippen LogP contribution is 2.20. The molecule has 0 aliphatic heterocycles. The third kappa shape index (κ3) is 2.76. The molecule has 2 heteroatoms. The van der Waals surface area contributed by atoms with E-state index < -0.39 is 0 Å². The summed E-state index contributed by atoms with van der Waals surface area (Å²) in [6.45, 7) is 3.48. The molecule has 0 radical (unpaired) electrons. The number of nitrogens with two attached hydrogens (primary N) is 1. The van der Waals surface area contributed by atoms with Gasteiger partial charge in [-0.3, -0.25) is 0 Å². The zero-order chi connectivity index (χ0) is 8.97. The van der Waals surface area contributed by atoms with Gasteiger partial charge in [-0.25, -0.2) is 0 Å². The van der Waals surface area contributed by atoms with Gasteiger partial charge in [-0.05, 0) is 45.7 Å². The van der Waals surface area contributed by atoms with Crippen molar-refractivity contribution in [3.8, 4) is 0 Å². The molecule has 0 atom stereocenters. The minimum absolute atomic E-state index is 0.483. The van der Waals surface area contributed by atoms with E-state index in [1.54, 1.807) is 0 Å². The highest BCUT2D eigenvalue weighted by molar-refractivity contribution is 4.79. The zero-order valence-electron chi connectivity index (χ0n) is 8.42. The summed E-state index contributed by atoms with van der Waals surface area (Å²) in [4.78, 5) is 2.49. The fourth-order valence-electron chi connectivity index (χ4n) is 2.08. The van der Waals surface area contributed by atoms with Crippen molar-refractivity contribution in [2.45, 2.75) is 51.1 Å². The molecule has 72 valence electrons. The van der Waals surface area contributed by atoms with Crippen molar-refractivity contribution in [1.82, 2.24) is 4.90 Å². The Morgan fingerprint density at radius 3 is 2.33 bits per heavy atom. The Hall–Kier alpha value is -0.0800. The van der Waals surface area contributed by atoms with E-state index in [1.165, 1.54) is 38.6 Å². The monoisotopic (exact) mass is 170 g/mol. The molecule has 1 aliphatic carbocycles. The maximum atomic E-state index is 5.85. The predicted octanol–water partition coefficient (Wildman–Crippen LogP) is 1.60. The van der Waals surface area contributed by atoms with E-state index in [4.69, 9.17) is 5.73 Å². The quantitative estimate of drug-likeness (QED) is 0.697. The summed E-state index contributed by atoms with van der Waals surface area (Å²) in [5, 5.41) is 0. The summed E-state index contributed by atoms with van der Waals surface area (Å²) in [7, 11) is 2.24. The number of nitrogens with zero attached hydrogens (tertiary/aromatic N) is 1. The third-order valence-electron chi connectivity index (χ3n) is 2.94. The fourth-order valence-corrected chi connectivity index (χ4v) is 2.08. The highest BCUT2D eigenvalue weighted by atomic mass is 15.1. The van der Waals surface area contributed by atoms with E-state index in [0.29, 0.717) is 6.04 Å². The summed E-state index contributed by atoms with van der Waals surface area (Å²) >= 11 is 0. The Labute approximate surface area is 76.1 Å². The van der Waals surface area contributed by atoms with E-state index in [9.17, 15) is 0 Å². The topological polar surface area (TPSA) is 29.3 Å². The standard InChI is InChI=1S/C10H22N2/c1-3-8-12(2)10-6-4-9(11)5-7-10/h9-10H,3-8,11H2,1-2H3/t9-,10+. The Balaban J connectivity index is 2.24. The lowest BCUT2D eigenvalue weighted by Gasteiger charge is -2.33. The van der Waals surface area contributed by atoms with Crippen LogP contribution in [0.4, 0.5) is 0 Å². The van der Waals surface area contributed by atoms with Gasteiger partial charge in [-0.1, -0.05) is 6.92 Å². The molecule has 0 heterocycles. The first kappa shape index (κ1) is 10.0. The molecular weight excluding hydrogens is 148 g/mol. The SMILES string of the molecule is CCCN(C)[C@H]1CC[C@@H](N)CC1. The van der Waals surface area contributed by atoms with Crippen LogP contribution in [0.15, 0.2) is 0 Å². The van der Waals surface area contributed by atoms with Gasteiger partial charge in [-0.2, -0.15) is 0 Å². The maximum Gasteiger partial charge on any atom is 0.00933 e. The number of rotatable bonds is 3. The van der Waals surface area contributed by atoms with Crippen LogP contribution in [0.5, 0.6) is 0 Å². The van der Waals surface area contributed by atoms with Crippen LogP contribution in [0.3, 0.4) is 0 Å². The van der Waals surface area contributed by atoms with Crippen molar-refractivity contribution in [1.29, 1.82) is 0 Å². The summed E-state index contributed by atoms with van der Waals surface area (Å²) in [5.74, 6) is 0. The van der Waals surface area contributed by atoms with E-state index >= 15 is 0 Å². The van der Waals surface area contributed by atoms with Crippen molar-refractivity contribution < 1.29 is 0 Å². The summed E-state index contributed by atoms with van der Waals surface area (Å²) in [6.07, 6.45) is 6.31. The molecule has 0 saturated heterocycles. The van der Waals surface area contributed by atoms with Gasteiger partial charge < -0.3 is 10.6 Å². The molecule has 12 heavy (non-hydrogen) atoms. The minimum atomic E-state index is 0.483. The van der Waals surface area contributed by atoms with Crippen molar-refractivity contribution in [3.05, 3.63) is 0 Å². The van der Waals surface area contributed by atoms with Gasteiger partial charge in [0.2, 0.25) is 0 Å². The lowest BCUT2D eigenvalue weighted by Crippen LogP contribution is -2.38. The number of hydrogen-bond donors (Lipinski definition) is 1. The van der Waals surface area contributed by atoms with Crippen LogP contribution < -0.4 is 5.73 Å². The van der Waals surface area contributed by atoms with Crippen LogP contribution >= 0.6 is 0 Å². The van der Waals surface area contributed by atoms with Gasteiger partial charge in [0.15, 0.2) is 0 Å². The molecular formula is C10H22N2. The molecule has 0 bridgehead atoms. The molecule has 1 aliphatic rings. The van der Waals surface area contributed by atoms with Crippen LogP contribution in [-0.4, -0.2) is 30.6 Å². The van der Waals surface area contributed by atoms with Gasteiger partial charge in [0.25, 0.3) is 0 Å². The second-order valence-corrected chi connectivity index (χ2v) is 4.05. The van der Waals surface area contributed by atoms with Gasteiger partial charge in [-0.15, -0.1) is 0 Å². The second-order valence-electron chi connectivity index (χ2n) is 4.05. The Kier molecular flexibility index (Phi) is 4.02. The molecule has 0 aromatic rings. The van der Waals surface area contributed by atoms with E-state index in [2.05, 4.69) is 18.9 Å². The number of hydrogen-bond acceptors (Lipinski definition) is 2. The average Bonchev–Trinajstić information content (AvgIpc) is 2.06. The summed E-state index contributed by atoms with van der Waals surface area (Å²) in [5.41, 5.74) is 5.85. The molecule has 0 unspecified atom stereocenters. The average molecular weight is 170 g/mol. The van der Waals surface area contributed by atoms with Crippen molar-refractivity contribution >= 4 is 0 Å². The van der Waals surface area contributed by atoms with Crippen LogP contribution in [0, 0.1) is 0 Å². The first-order chi connectivity index (χ1) is 5.74. The molecule has 0 aromatic heterocycles. The minimum Gasteiger partial charge on any atom is -0.328 e. The smallest absolute Gasteiger partial charge is 0.00933 e. The molecule has 0 aromatic carbocycles. The fraction of sp³-hybridized carbons (Fsp3) is 1.00. The van der Waals surface area contributed by atoms with Crippen molar-refractivity contribution in [2.24, 2.45) is 5.73 Å². The van der Waals surface area contributed by atoms with Gasteiger partial charge in [0.1, 0.15) is 0 Å². The Morgan fingerprint density at radius 2 is 1.83 bits per heavy atom. The molecule has 1 saturated carbocycles. The van der Waals surface area contributed by atoms with Crippen LogP contribution in [0.25, 0.3) is 0 Å². The van der Waals surface area contributed by atoms with E-state index in [0.717, 1.165) is 6.04 Å². The van der Waals surface area contributed by atoms with E-state index in [1.807, 2.05) is 0 Å². The molecule has 0 spiro atoms. The molecule has 2 nitrogen and oxygen atoms in total. The predicted molar refractivity (Wildman–Crippen MR) is 53.2 cm³/mol. The maximum absolute atomic E-state index is 5.85. The van der Waals surface area contributed by atoms with Gasteiger partial charge in [0, 0.05) is 12.1 Å². The summed E-state index contributed by atoms with van der Waals surface area (Å²) < 4.78 is 0. The van der Waals surface area contributed by atoms with Gasteiger partial charge in [0.05, 0.1) is 0 Å². The van der Waals surface area contributed by atoms with Crippen molar-refractivity contribution in [3.63, 3.8) is 0 Å². The first-order valence-electron chi connectivity index (χ1n) is 5.20. The normalized spacial score (nSPS) is 31.0. The summed E-state index contributed by atoms with van der Waals surface area (Å²) in [6, 6.07) is 1.29. The zero-order valence-corrected chi connectivity index (χ0v) is 8.42. The van der Waals surface area contributed by atoms with Crippen LogP contribution in [0.1, 0.15) is 39.0 Å². The lowest BCUT2D eigenvalue weighted by atomic mass is 9.91. The Morgan fingerprint density at radius 1 is 1.25 bits per heavy atom. The molecule has 0 amide bonds. The van der Waals surface area contributed by atoms with Crippen LogP contribution in [-0.2, 0) is 0 Å². The van der Waals surface area contributed by atoms with Crippen molar-refractivity contribution in [2.75, 3.05) is 13.6 Å². The molecule has 1 fully saturated rings. The molecule has 1 rings (SSSR count). The van der Waals surface area contributed by atoms with Gasteiger partial charge >= 0.3 is 0 Å².